The van der Waals surface area contributed by atoms with Crippen molar-refractivity contribution < 1.29 is 29.6 Å². The Kier molecular flexibility index (Phi) is 12.2. The third-order valence-electron chi connectivity index (χ3n) is 4.33. The molecule has 0 amide bonds. The number of aromatic hydroxyl groups is 2. The van der Waals surface area contributed by atoms with Crippen molar-refractivity contribution in [2.75, 3.05) is 6.61 Å². The molecule has 0 spiro atoms. The van der Waals surface area contributed by atoms with E-state index in [0.717, 1.165) is 17.5 Å². The van der Waals surface area contributed by atoms with Crippen LogP contribution in [0.3, 0.4) is 0 Å². The molecule has 2 aromatic carbocycles. The molecule has 6 nitrogen and oxygen atoms in total. The molecule has 0 heterocycles. The predicted molar refractivity (Wildman–Crippen MR) is 127 cm³/mol. The number of aliphatic carboxylic acids is 1. The molecule has 2 rings (SSSR count). The Bertz CT molecular complexity index is 833. The van der Waals surface area contributed by atoms with Crippen LogP contribution in [0.15, 0.2) is 72.8 Å². The number of rotatable bonds is 6. The number of carboxylic acid groups (broad SMARTS) is 1. The van der Waals surface area contributed by atoms with E-state index in [2.05, 4.69) is 27.0 Å². The molecule has 0 aliphatic carbocycles. The van der Waals surface area contributed by atoms with Gasteiger partial charge < -0.3 is 20.1 Å². The molecule has 32 heavy (non-hydrogen) atoms. The summed E-state index contributed by atoms with van der Waals surface area (Å²) in [7, 11) is 0. The normalized spacial score (nSPS) is 9.91. The van der Waals surface area contributed by atoms with Gasteiger partial charge in [-0.1, -0.05) is 58.2 Å². The summed E-state index contributed by atoms with van der Waals surface area (Å²) in [5, 5.41) is 26.5. The van der Waals surface area contributed by atoms with Crippen molar-refractivity contribution in [2.45, 2.75) is 46.5 Å². The maximum Gasteiger partial charge on any atom is 0.333 e. The summed E-state index contributed by atoms with van der Waals surface area (Å²) in [5.41, 5.74) is 2.74. The van der Waals surface area contributed by atoms with Gasteiger partial charge in [-0.15, -0.1) is 0 Å². The van der Waals surface area contributed by atoms with E-state index >= 15 is 0 Å². The minimum Gasteiger partial charge on any atom is -0.508 e. The van der Waals surface area contributed by atoms with Crippen LogP contribution in [-0.2, 0) is 19.7 Å². The van der Waals surface area contributed by atoms with E-state index < -0.39 is 5.97 Å². The molecule has 6 heteroatoms. The van der Waals surface area contributed by atoms with E-state index in [1.165, 1.54) is 6.92 Å². The van der Waals surface area contributed by atoms with E-state index in [-0.39, 0.29) is 28.5 Å². The van der Waals surface area contributed by atoms with Gasteiger partial charge in [0.2, 0.25) is 0 Å². The topological polar surface area (TPSA) is 104 Å². The SMILES string of the molecule is C=C(C)C(=O)O.C=C(C)C(=O)OCCC.CC(C)(c1ccc(O)cc1)c1ccc(O)cc1. The minimum absolute atomic E-state index is 0.151. The molecule has 174 valence electrons. The molecular weight excluding hydrogens is 408 g/mol. The molecule has 0 radical (unpaired) electrons. The minimum atomic E-state index is -0.935. The van der Waals surface area contributed by atoms with E-state index in [9.17, 15) is 19.8 Å². The number of benzene rings is 2. The zero-order chi connectivity index (χ0) is 24.9. The zero-order valence-corrected chi connectivity index (χ0v) is 19.5. The highest BCUT2D eigenvalue weighted by atomic mass is 16.5. The fraction of sp³-hybridized carbons (Fsp3) is 0.308. The Morgan fingerprint density at radius 2 is 1.19 bits per heavy atom. The van der Waals surface area contributed by atoms with Crippen molar-refractivity contribution in [3.8, 4) is 11.5 Å². The number of ether oxygens (including phenoxy) is 1. The number of carboxylic acids is 1. The van der Waals surface area contributed by atoms with Crippen LogP contribution in [0.5, 0.6) is 11.5 Å². The van der Waals surface area contributed by atoms with Gasteiger partial charge in [0.1, 0.15) is 11.5 Å². The van der Waals surface area contributed by atoms with Crippen LogP contribution in [0.2, 0.25) is 0 Å². The Balaban J connectivity index is 0.000000539. The molecule has 2 aromatic rings. The number of esters is 1. The molecule has 0 fully saturated rings. The van der Waals surface area contributed by atoms with Crippen LogP contribution in [-0.4, -0.2) is 33.9 Å². The highest BCUT2D eigenvalue weighted by Gasteiger charge is 2.22. The third kappa shape index (κ3) is 10.5. The molecule has 0 saturated carbocycles. The summed E-state index contributed by atoms with van der Waals surface area (Å²) in [6.45, 7) is 16.3. The van der Waals surface area contributed by atoms with Crippen LogP contribution in [0.4, 0.5) is 0 Å². The van der Waals surface area contributed by atoms with E-state index in [0.29, 0.717) is 12.2 Å². The first-order chi connectivity index (χ1) is 14.8. The molecule has 0 atom stereocenters. The molecule has 0 aliphatic rings. The lowest BCUT2D eigenvalue weighted by Crippen LogP contribution is -2.18. The Morgan fingerprint density at radius 1 is 0.844 bits per heavy atom. The van der Waals surface area contributed by atoms with Crippen molar-refractivity contribution in [1.82, 2.24) is 0 Å². The van der Waals surface area contributed by atoms with Crippen molar-refractivity contribution in [1.29, 1.82) is 0 Å². The molecule has 0 aromatic heterocycles. The first-order valence-electron chi connectivity index (χ1n) is 10.1. The third-order valence-corrected chi connectivity index (χ3v) is 4.33. The lowest BCUT2D eigenvalue weighted by molar-refractivity contribution is -0.139. The zero-order valence-electron chi connectivity index (χ0n) is 19.5. The second-order valence-corrected chi connectivity index (χ2v) is 7.72. The Hall–Kier alpha value is -3.54. The van der Waals surface area contributed by atoms with Crippen molar-refractivity contribution >= 4 is 11.9 Å². The number of hydrogen-bond donors (Lipinski definition) is 3. The number of phenolic OH excluding ortho intramolecular Hbond substituents is 2. The molecular formula is C26H34O6. The number of carbonyl (C=O) groups excluding carboxylic acids is 1. The lowest BCUT2D eigenvalue weighted by Gasteiger charge is -2.26. The largest absolute Gasteiger partial charge is 0.508 e. The van der Waals surface area contributed by atoms with Crippen molar-refractivity contribution in [3.63, 3.8) is 0 Å². The van der Waals surface area contributed by atoms with E-state index in [1.807, 2.05) is 31.2 Å². The number of phenols is 2. The quantitative estimate of drug-likeness (QED) is 0.398. The van der Waals surface area contributed by atoms with Gasteiger partial charge in [0.05, 0.1) is 6.61 Å². The lowest BCUT2D eigenvalue weighted by atomic mass is 9.78. The number of carbonyl (C=O) groups is 2. The van der Waals surface area contributed by atoms with Gasteiger partial charge in [-0.3, -0.25) is 0 Å². The first-order valence-corrected chi connectivity index (χ1v) is 10.1. The average Bonchev–Trinajstić information content (AvgIpc) is 2.73. The van der Waals surface area contributed by atoms with E-state index in [4.69, 9.17) is 9.84 Å². The summed E-state index contributed by atoms with van der Waals surface area (Å²) in [5.74, 6) is -0.683. The summed E-state index contributed by atoms with van der Waals surface area (Å²) in [6, 6.07) is 14.4. The fourth-order valence-electron chi connectivity index (χ4n) is 2.24. The molecule has 3 N–H and O–H groups in total. The van der Waals surface area contributed by atoms with Gasteiger partial charge in [-0.2, -0.15) is 0 Å². The van der Waals surface area contributed by atoms with Gasteiger partial charge in [0, 0.05) is 16.6 Å². The van der Waals surface area contributed by atoms with E-state index in [1.54, 1.807) is 31.2 Å². The molecule has 0 bridgehead atoms. The predicted octanol–water partition coefficient (Wildman–Crippen LogP) is 5.59. The van der Waals surface area contributed by atoms with Gasteiger partial charge in [-0.25, -0.2) is 9.59 Å². The Morgan fingerprint density at radius 3 is 1.44 bits per heavy atom. The summed E-state index contributed by atoms with van der Waals surface area (Å²) in [6.07, 6.45) is 0.860. The van der Waals surface area contributed by atoms with Crippen LogP contribution >= 0.6 is 0 Å². The fourth-order valence-corrected chi connectivity index (χ4v) is 2.24. The standard InChI is InChI=1S/C15H16O2.C7H12O2.C4H6O2/c1-15(2,11-3-7-13(16)8-4-11)12-5-9-14(17)10-6-12;1-4-5-9-7(8)6(2)3;1-3(2)4(5)6/h3-10,16-17H,1-2H3;2,4-5H2,1,3H3;1H2,2H3,(H,5,6). The molecule has 0 unspecified atom stereocenters. The van der Waals surface area contributed by atoms with Gasteiger partial charge in [0.25, 0.3) is 0 Å². The van der Waals surface area contributed by atoms with Gasteiger partial charge in [-0.05, 0) is 55.7 Å². The van der Waals surface area contributed by atoms with Crippen molar-refractivity contribution in [3.05, 3.63) is 84.0 Å². The van der Waals surface area contributed by atoms with Crippen molar-refractivity contribution in [2.24, 2.45) is 0 Å². The van der Waals surface area contributed by atoms with Crippen LogP contribution in [0, 0.1) is 0 Å². The smallest absolute Gasteiger partial charge is 0.333 e. The Labute approximate surface area is 190 Å². The summed E-state index contributed by atoms with van der Waals surface area (Å²) < 4.78 is 4.71. The molecule has 0 aliphatic heterocycles. The second-order valence-electron chi connectivity index (χ2n) is 7.72. The first kappa shape index (κ1) is 28.5. The maximum absolute atomic E-state index is 10.6. The number of hydrogen-bond acceptors (Lipinski definition) is 5. The highest BCUT2D eigenvalue weighted by Crippen LogP contribution is 2.32. The maximum atomic E-state index is 10.6. The highest BCUT2D eigenvalue weighted by molar-refractivity contribution is 5.86. The van der Waals surface area contributed by atoms with Crippen LogP contribution in [0.25, 0.3) is 0 Å². The van der Waals surface area contributed by atoms with Crippen LogP contribution < -0.4 is 0 Å². The summed E-state index contributed by atoms with van der Waals surface area (Å²) >= 11 is 0. The second kappa shape index (κ2) is 13.7. The summed E-state index contributed by atoms with van der Waals surface area (Å²) in [4.78, 5) is 20.2. The van der Waals surface area contributed by atoms with Gasteiger partial charge >= 0.3 is 11.9 Å². The van der Waals surface area contributed by atoms with Gasteiger partial charge in [0.15, 0.2) is 0 Å². The average molecular weight is 443 g/mol. The van der Waals surface area contributed by atoms with Crippen LogP contribution in [0.1, 0.15) is 52.2 Å². The molecule has 0 saturated heterocycles. The monoisotopic (exact) mass is 442 g/mol.